The van der Waals surface area contributed by atoms with Crippen LogP contribution in [0.3, 0.4) is 0 Å². The van der Waals surface area contributed by atoms with E-state index in [-0.39, 0.29) is 0 Å². The molecule has 0 saturated heterocycles. The Morgan fingerprint density at radius 1 is 0.636 bits per heavy atom. The van der Waals surface area contributed by atoms with Crippen molar-refractivity contribution in [3.63, 3.8) is 0 Å². The molecule has 3 aromatic rings. The molecule has 0 aromatic heterocycles. The fourth-order valence-corrected chi connectivity index (χ4v) is 4.64. The van der Waals surface area contributed by atoms with Crippen LogP contribution in [-0.2, 0) is 4.43 Å². The Hall–Kier alpha value is -2.58. The number of rotatable bonds is 5. The molecule has 0 spiro atoms. The fourth-order valence-electron chi connectivity index (χ4n) is 2.42. The molecular formula is C20H18OSi. The zero-order valence-corrected chi connectivity index (χ0v) is 13.5. The lowest BCUT2D eigenvalue weighted by molar-refractivity contribution is 0.550. The maximum atomic E-state index is 6.35. The molecule has 0 aliphatic heterocycles. The molecule has 0 atom stereocenters. The summed E-state index contributed by atoms with van der Waals surface area (Å²) < 4.78 is 6.35. The SMILES string of the molecule is C=C(O[SiH](c1ccccc1)c1ccccc1)c1ccccc1. The standard InChI is InChI=1S/C20H18OSi/c1-17(18-11-5-2-6-12-18)21-22(19-13-7-3-8-14-19)20-15-9-4-10-16-20/h2-16,22H,1H2. The lowest BCUT2D eigenvalue weighted by atomic mass is 10.2. The van der Waals surface area contributed by atoms with E-state index in [0.29, 0.717) is 0 Å². The first-order chi connectivity index (χ1) is 10.8. The highest BCUT2D eigenvalue weighted by atomic mass is 28.3. The van der Waals surface area contributed by atoms with Gasteiger partial charge in [-0.1, -0.05) is 97.6 Å². The van der Waals surface area contributed by atoms with Crippen LogP contribution in [0, 0.1) is 0 Å². The molecule has 0 saturated carbocycles. The maximum absolute atomic E-state index is 6.35. The fraction of sp³-hybridized carbons (Fsp3) is 0. The van der Waals surface area contributed by atoms with Gasteiger partial charge < -0.3 is 4.43 Å². The Balaban J connectivity index is 1.91. The topological polar surface area (TPSA) is 9.23 Å². The van der Waals surface area contributed by atoms with Gasteiger partial charge in [0.25, 0.3) is 9.04 Å². The zero-order chi connectivity index (χ0) is 15.2. The minimum Gasteiger partial charge on any atom is -0.537 e. The summed E-state index contributed by atoms with van der Waals surface area (Å²) in [6.45, 7) is 4.13. The molecule has 0 radical (unpaired) electrons. The van der Waals surface area contributed by atoms with Crippen molar-refractivity contribution in [3.8, 4) is 0 Å². The lowest BCUT2D eigenvalue weighted by Crippen LogP contribution is -2.44. The van der Waals surface area contributed by atoms with Crippen LogP contribution in [0.25, 0.3) is 5.76 Å². The molecule has 3 aromatic carbocycles. The van der Waals surface area contributed by atoms with Gasteiger partial charge in [-0.05, 0) is 10.4 Å². The quantitative estimate of drug-likeness (QED) is 0.519. The van der Waals surface area contributed by atoms with Gasteiger partial charge in [-0.3, -0.25) is 0 Å². The molecule has 0 bridgehead atoms. The van der Waals surface area contributed by atoms with E-state index < -0.39 is 9.04 Å². The highest BCUT2D eigenvalue weighted by Crippen LogP contribution is 2.14. The number of hydrogen-bond donors (Lipinski definition) is 0. The lowest BCUT2D eigenvalue weighted by Gasteiger charge is -2.20. The van der Waals surface area contributed by atoms with Gasteiger partial charge in [-0.2, -0.15) is 0 Å². The van der Waals surface area contributed by atoms with Crippen molar-refractivity contribution in [3.05, 3.63) is 103 Å². The van der Waals surface area contributed by atoms with Crippen molar-refractivity contribution in [2.24, 2.45) is 0 Å². The summed E-state index contributed by atoms with van der Waals surface area (Å²) >= 11 is 0. The van der Waals surface area contributed by atoms with Crippen LogP contribution in [0.4, 0.5) is 0 Å². The minimum atomic E-state index is -1.78. The third-order valence-electron chi connectivity index (χ3n) is 3.56. The summed E-state index contributed by atoms with van der Waals surface area (Å²) in [5.41, 5.74) is 1.03. The Kier molecular flexibility index (Phi) is 4.52. The minimum absolute atomic E-state index is 0.741. The van der Waals surface area contributed by atoms with E-state index in [0.717, 1.165) is 11.3 Å². The predicted octanol–water partition coefficient (Wildman–Crippen LogP) is 3.21. The Labute approximate surface area is 133 Å². The van der Waals surface area contributed by atoms with Crippen molar-refractivity contribution < 1.29 is 4.43 Å². The van der Waals surface area contributed by atoms with E-state index in [1.54, 1.807) is 0 Å². The molecule has 2 heteroatoms. The highest BCUT2D eigenvalue weighted by molar-refractivity contribution is 6.80. The molecule has 0 aliphatic carbocycles. The monoisotopic (exact) mass is 302 g/mol. The molecular weight excluding hydrogens is 284 g/mol. The van der Waals surface area contributed by atoms with Gasteiger partial charge in [-0.25, -0.2) is 0 Å². The van der Waals surface area contributed by atoms with E-state index in [9.17, 15) is 0 Å². The van der Waals surface area contributed by atoms with Gasteiger partial charge in [0.1, 0.15) is 5.76 Å². The van der Waals surface area contributed by atoms with Crippen LogP contribution >= 0.6 is 0 Å². The van der Waals surface area contributed by atoms with Crippen LogP contribution in [-0.4, -0.2) is 9.04 Å². The summed E-state index contributed by atoms with van der Waals surface area (Å²) in [6, 6.07) is 31.0. The normalized spacial score (nSPS) is 10.4. The van der Waals surface area contributed by atoms with E-state index in [4.69, 9.17) is 4.43 Å². The molecule has 22 heavy (non-hydrogen) atoms. The Morgan fingerprint density at radius 3 is 1.50 bits per heavy atom. The largest absolute Gasteiger partial charge is 0.537 e. The van der Waals surface area contributed by atoms with Crippen LogP contribution in [0.1, 0.15) is 5.56 Å². The van der Waals surface area contributed by atoms with Crippen LogP contribution in [0.2, 0.25) is 0 Å². The Bertz CT molecular complexity index is 684. The van der Waals surface area contributed by atoms with Gasteiger partial charge in [-0.15, -0.1) is 0 Å². The zero-order valence-electron chi connectivity index (χ0n) is 12.4. The van der Waals surface area contributed by atoms with E-state index >= 15 is 0 Å². The molecule has 0 N–H and O–H groups in total. The molecule has 0 unspecified atom stereocenters. The second-order valence-corrected chi connectivity index (χ2v) is 7.44. The highest BCUT2D eigenvalue weighted by Gasteiger charge is 2.19. The molecule has 0 aliphatic rings. The van der Waals surface area contributed by atoms with Gasteiger partial charge in [0.15, 0.2) is 0 Å². The summed E-state index contributed by atoms with van der Waals surface area (Å²) in [5.74, 6) is 0.741. The number of benzene rings is 3. The molecule has 0 heterocycles. The average Bonchev–Trinajstić information content (AvgIpc) is 2.62. The average molecular weight is 302 g/mol. The molecule has 0 amide bonds. The first-order valence-electron chi connectivity index (χ1n) is 7.35. The van der Waals surface area contributed by atoms with Gasteiger partial charge in [0, 0.05) is 5.56 Å². The van der Waals surface area contributed by atoms with Crippen LogP contribution in [0.5, 0.6) is 0 Å². The van der Waals surface area contributed by atoms with E-state index in [1.807, 2.05) is 42.5 Å². The summed E-state index contributed by atoms with van der Waals surface area (Å²) in [5, 5.41) is 2.51. The molecule has 1 nitrogen and oxygen atoms in total. The third-order valence-corrected chi connectivity index (χ3v) is 6.06. The smallest absolute Gasteiger partial charge is 0.299 e. The van der Waals surface area contributed by atoms with Gasteiger partial charge in [0.05, 0.1) is 0 Å². The molecule has 3 rings (SSSR count). The number of hydrogen-bond acceptors (Lipinski definition) is 1. The summed E-state index contributed by atoms with van der Waals surface area (Å²) in [4.78, 5) is 0. The Morgan fingerprint density at radius 2 is 1.05 bits per heavy atom. The molecule has 108 valence electrons. The van der Waals surface area contributed by atoms with Crippen molar-refractivity contribution in [2.45, 2.75) is 0 Å². The maximum Gasteiger partial charge on any atom is 0.299 e. The second-order valence-electron chi connectivity index (χ2n) is 5.11. The van der Waals surface area contributed by atoms with Crippen LogP contribution in [0.15, 0.2) is 97.6 Å². The predicted molar refractivity (Wildman–Crippen MR) is 95.9 cm³/mol. The van der Waals surface area contributed by atoms with Gasteiger partial charge in [0.2, 0.25) is 0 Å². The van der Waals surface area contributed by atoms with Crippen LogP contribution < -0.4 is 10.4 Å². The van der Waals surface area contributed by atoms with E-state index in [2.05, 4.69) is 55.1 Å². The van der Waals surface area contributed by atoms with Crippen molar-refractivity contribution in [2.75, 3.05) is 0 Å². The van der Waals surface area contributed by atoms with Crippen molar-refractivity contribution >= 4 is 25.2 Å². The summed E-state index contributed by atoms with van der Waals surface area (Å²) in [7, 11) is -1.78. The second kappa shape index (κ2) is 6.92. The van der Waals surface area contributed by atoms with Crippen molar-refractivity contribution in [1.82, 2.24) is 0 Å². The van der Waals surface area contributed by atoms with Crippen molar-refractivity contribution in [1.29, 1.82) is 0 Å². The van der Waals surface area contributed by atoms with E-state index in [1.165, 1.54) is 10.4 Å². The van der Waals surface area contributed by atoms with Gasteiger partial charge >= 0.3 is 0 Å². The first-order valence-corrected chi connectivity index (χ1v) is 8.98. The first kappa shape index (κ1) is 14.4. The molecule has 0 fully saturated rings. The third kappa shape index (κ3) is 3.35. The summed E-state index contributed by atoms with van der Waals surface area (Å²) in [6.07, 6.45) is 0.